The van der Waals surface area contributed by atoms with Crippen LogP contribution < -0.4 is 5.32 Å². The van der Waals surface area contributed by atoms with Gasteiger partial charge in [-0.1, -0.05) is 6.92 Å². The molecule has 1 aromatic carbocycles. The van der Waals surface area contributed by atoms with Crippen molar-refractivity contribution < 1.29 is 9.90 Å². The third-order valence-electron chi connectivity index (χ3n) is 2.37. The highest BCUT2D eigenvalue weighted by Gasteiger charge is 2.15. The van der Waals surface area contributed by atoms with Gasteiger partial charge in [-0.25, -0.2) is 0 Å². The minimum Gasteiger partial charge on any atom is -0.507 e. The van der Waals surface area contributed by atoms with Crippen LogP contribution in [0.1, 0.15) is 30.1 Å². The molecule has 1 amide bonds. The summed E-state index contributed by atoms with van der Waals surface area (Å²) in [6.07, 6.45) is 0.955. The van der Waals surface area contributed by atoms with Crippen molar-refractivity contribution in [3.05, 3.63) is 27.3 Å². The van der Waals surface area contributed by atoms with Gasteiger partial charge in [0.2, 0.25) is 0 Å². The number of halogens is 1. The van der Waals surface area contributed by atoms with Crippen LogP contribution in [-0.4, -0.2) is 17.1 Å². The summed E-state index contributed by atoms with van der Waals surface area (Å²) in [7, 11) is 0. The van der Waals surface area contributed by atoms with Gasteiger partial charge >= 0.3 is 0 Å². The SMILES string of the molecule is CCC(CC#N)NC(=O)c1cc(I)ccc1O. The lowest BCUT2D eigenvalue weighted by molar-refractivity contribution is 0.0934. The molecule has 4 nitrogen and oxygen atoms in total. The normalized spacial score (nSPS) is 11.6. The molecule has 1 unspecified atom stereocenters. The molecule has 0 saturated heterocycles. The summed E-state index contributed by atoms with van der Waals surface area (Å²) >= 11 is 2.07. The van der Waals surface area contributed by atoms with Crippen molar-refractivity contribution in [2.45, 2.75) is 25.8 Å². The van der Waals surface area contributed by atoms with Crippen LogP contribution in [-0.2, 0) is 0 Å². The minimum absolute atomic E-state index is 0.0465. The van der Waals surface area contributed by atoms with Crippen LogP contribution in [0.3, 0.4) is 0 Å². The Labute approximate surface area is 114 Å². The molecule has 1 aromatic rings. The van der Waals surface area contributed by atoms with Crippen LogP contribution in [0.5, 0.6) is 5.75 Å². The van der Waals surface area contributed by atoms with E-state index < -0.39 is 0 Å². The predicted octanol–water partition coefficient (Wildman–Crippen LogP) is 2.42. The van der Waals surface area contributed by atoms with Gasteiger partial charge in [-0.2, -0.15) is 5.26 Å². The van der Waals surface area contributed by atoms with Gasteiger partial charge in [-0.05, 0) is 47.2 Å². The molecule has 0 spiro atoms. The summed E-state index contributed by atoms with van der Waals surface area (Å²) in [5, 5.41) is 20.9. The van der Waals surface area contributed by atoms with Gasteiger partial charge in [0.05, 0.1) is 18.1 Å². The first-order valence-corrected chi connectivity index (χ1v) is 6.32. The quantitative estimate of drug-likeness (QED) is 0.824. The number of rotatable bonds is 4. The van der Waals surface area contributed by atoms with Gasteiger partial charge in [0, 0.05) is 9.61 Å². The second kappa shape index (κ2) is 6.45. The zero-order chi connectivity index (χ0) is 12.8. The number of phenols is 1. The Hall–Kier alpha value is -1.29. The van der Waals surface area contributed by atoms with Crippen LogP contribution >= 0.6 is 22.6 Å². The minimum atomic E-state index is -0.344. The van der Waals surface area contributed by atoms with Crippen molar-refractivity contribution in [3.63, 3.8) is 0 Å². The number of amides is 1. The maximum atomic E-state index is 11.9. The molecule has 0 bridgehead atoms. The van der Waals surface area contributed by atoms with E-state index in [1.165, 1.54) is 6.07 Å². The van der Waals surface area contributed by atoms with Crippen molar-refractivity contribution in [1.82, 2.24) is 5.32 Å². The molecule has 0 heterocycles. The lowest BCUT2D eigenvalue weighted by atomic mass is 10.1. The summed E-state index contributed by atoms with van der Waals surface area (Å²) in [5.41, 5.74) is 0.244. The molecule has 0 aliphatic heterocycles. The number of hydrogen-bond acceptors (Lipinski definition) is 3. The molecule has 0 aromatic heterocycles. The largest absolute Gasteiger partial charge is 0.507 e. The molecule has 5 heteroatoms. The molecule has 1 atom stereocenters. The summed E-state index contributed by atoms with van der Waals surface area (Å²) in [6, 6.07) is 6.67. The Morgan fingerprint density at radius 3 is 2.94 bits per heavy atom. The number of nitrogens with zero attached hydrogens (tertiary/aromatic N) is 1. The standard InChI is InChI=1S/C12H13IN2O2/c1-2-9(5-6-14)15-12(17)10-7-8(13)3-4-11(10)16/h3-4,7,9,16H,2,5H2,1H3,(H,15,17). The average Bonchev–Trinajstić information content (AvgIpc) is 2.31. The summed E-state index contributed by atoms with van der Waals surface area (Å²) < 4.78 is 0.874. The van der Waals surface area contributed by atoms with E-state index in [9.17, 15) is 9.90 Å². The number of phenolic OH excluding ortho intramolecular Hbond substituents is 1. The van der Waals surface area contributed by atoms with E-state index in [2.05, 4.69) is 27.9 Å². The molecule has 0 saturated carbocycles. The molecule has 0 aliphatic carbocycles. The predicted molar refractivity (Wildman–Crippen MR) is 72.6 cm³/mol. The lowest BCUT2D eigenvalue weighted by Crippen LogP contribution is -2.34. The third-order valence-corrected chi connectivity index (χ3v) is 3.04. The average molecular weight is 344 g/mol. The molecule has 17 heavy (non-hydrogen) atoms. The molecular formula is C12H13IN2O2. The van der Waals surface area contributed by atoms with E-state index in [0.717, 1.165) is 3.57 Å². The van der Waals surface area contributed by atoms with Crippen molar-refractivity contribution in [2.75, 3.05) is 0 Å². The van der Waals surface area contributed by atoms with Crippen LogP contribution in [0.2, 0.25) is 0 Å². The number of aromatic hydroxyl groups is 1. The number of nitriles is 1. The van der Waals surface area contributed by atoms with Crippen LogP contribution in [0.4, 0.5) is 0 Å². The molecule has 90 valence electrons. The van der Waals surface area contributed by atoms with Gasteiger partial charge in [-0.3, -0.25) is 4.79 Å². The summed E-state index contributed by atoms with van der Waals surface area (Å²) in [5.74, 6) is -0.391. The Balaban J connectivity index is 2.82. The zero-order valence-electron chi connectivity index (χ0n) is 9.40. The third kappa shape index (κ3) is 3.89. The van der Waals surface area contributed by atoms with Gasteiger partial charge in [0.1, 0.15) is 5.75 Å². The van der Waals surface area contributed by atoms with Crippen molar-refractivity contribution in [2.24, 2.45) is 0 Å². The lowest BCUT2D eigenvalue weighted by Gasteiger charge is -2.14. The Kier molecular flexibility index (Phi) is 5.22. The molecule has 0 radical (unpaired) electrons. The van der Waals surface area contributed by atoms with Crippen molar-refractivity contribution in [3.8, 4) is 11.8 Å². The molecule has 0 fully saturated rings. The van der Waals surface area contributed by atoms with E-state index in [1.807, 2.05) is 13.0 Å². The highest BCUT2D eigenvalue weighted by Crippen LogP contribution is 2.19. The van der Waals surface area contributed by atoms with E-state index >= 15 is 0 Å². The summed E-state index contributed by atoms with van der Waals surface area (Å²) in [4.78, 5) is 11.9. The fourth-order valence-corrected chi connectivity index (χ4v) is 1.85. The number of nitrogens with one attached hydrogen (secondary N) is 1. The molecule has 0 aliphatic rings. The number of benzene rings is 1. The fourth-order valence-electron chi connectivity index (χ4n) is 1.36. The van der Waals surface area contributed by atoms with Crippen LogP contribution in [0, 0.1) is 14.9 Å². The molecule has 2 N–H and O–H groups in total. The number of carbonyl (C=O) groups is 1. The highest BCUT2D eigenvalue weighted by atomic mass is 127. The maximum Gasteiger partial charge on any atom is 0.255 e. The second-order valence-corrected chi connectivity index (χ2v) is 4.85. The topological polar surface area (TPSA) is 73.1 Å². The highest BCUT2D eigenvalue weighted by molar-refractivity contribution is 14.1. The van der Waals surface area contributed by atoms with Gasteiger partial charge < -0.3 is 10.4 Å². The number of hydrogen-bond donors (Lipinski definition) is 2. The Bertz CT molecular complexity index is 454. The zero-order valence-corrected chi connectivity index (χ0v) is 11.6. The van der Waals surface area contributed by atoms with E-state index in [-0.39, 0.29) is 29.7 Å². The monoisotopic (exact) mass is 344 g/mol. The second-order valence-electron chi connectivity index (χ2n) is 3.60. The maximum absolute atomic E-state index is 11.9. The van der Waals surface area contributed by atoms with Gasteiger partial charge in [-0.15, -0.1) is 0 Å². The van der Waals surface area contributed by atoms with E-state index in [0.29, 0.717) is 6.42 Å². The number of carbonyl (C=O) groups excluding carboxylic acids is 1. The molecular weight excluding hydrogens is 331 g/mol. The molecule has 1 rings (SSSR count). The van der Waals surface area contributed by atoms with E-state index in [1.54, 1.807) is 12.1 Å². The van der Waals surface area contributed by atoms with Gasteiger partial charge in [0.15, 0.2) is 0 Å². The van der Waals surface area contributed by atoms with Crippen LogP contribution in [0.25, 0.3) is 0 Å². The van der Waals surface area contributed by atoms with E-state index in [4.69, 9.17) is 5.26 Å². The van der Waals surface area contributed by atoms with Crippen molar-refractivity contribution >= 4 is 28.5 Å². The Morgan fingerprint density at radius 1 is 1.65 bits per heavy atom. The van der Waals surface area contributed by atoms with Crippen LogP contribution in [0.15, 0.2) is 18.2 Å². The first-order valence-electron chi connectivity index (χ1n) is 5.24. The fraction of sp³-hybridized carbons (Fsp3) is 0.333. The van der Waals surface area contributed by atoms with Crippen molar-refractivity contribution in [1.29, 1.82) is 5.26 Å². The first kappa shape index (κ1) is 13.8. The summed E-state index contributed by atoms with van der Waals surface area (Å²) in [6.45, 7) is 1.90. The van der Waals surface area contributed by atoms with Gasteiger partial charge in [0.25, 0.3) is 5.91 Å². The first-order chi connectivity index (χ1) is 8.08. The smallest absolute Gasteiger partial charge is 0.255 e. The Morgan fingerprint density at radius 2 is 2.35 bits per heavy atom.